The van der Waals surface area contributed by atoms with Crippen molar-refractivity contribution < 1.29 is 9.32 Å². The number of nitrogens with two attached hydrogens (primary N) is 1. The highest BCUT2D eigenvalue weighted by Gasteiger charge is 2.15. The second-order valence-electron chi connectivity index (χ2n) is 5.75. The van der Waals surface area contributed by atoms with E-state index < -0.39 is 11.0 Å². The van der Waals surface area contributed by atoms with Crippen LogP contribution in [-0.4, -0.2) is 36.7 Å². The Morgan fingerprint density at radius 1 is 1.36 bits per heavy atom. The topological polar surface area (TPSA) is 106 Å². The fourth-order valence-electron chi connectivity index (χ4n) is 2.81. The highest BCUT2D eigenvalue weighted by atomic mass is 32.2. The summed E-state index contributed by atoms with van der Waals surface area (Å²) in [7, 11) is -1.06. The molecule has 0 radical (unpaired) electrons. The van der Waals surface area contributed by atoms with Gasteiger partial charge in [-0.2, -0.15) is 0 Å². The third kappa shape index (κ3) is 3.87. The third-order valence-corrected chi connectivity index (χ3v) is 4.51. The SMILES string of the molecule is CS(=O)NCc1cccc(-c2cn(CCCO)c3ncnc(N)c23)c1. The highest BCUT2D eigenvalue weighted by Crippen LogP contribution is 2.33. The van der Waals surface area contributed by atoms with Gasteiger partial charge in [0.2, 0.25) is 0 Å². The van der Waals surface area contributed by atoms with Gasteiger partial charge < -0.3 is 15.4 Å². The molecule has 2 aromatic heterocycles. The molecule has 132 valence electrons. The van der Waals surface area contributed by atoms with Gasteiger partial charge in [0.25, 0.3) is 0 Å². The molecule has 0 aliphatic rings. The number of aryl methyl sites for hydroxylation is 1. The first-order valence-corrected chi connectivity index (χ1v) is 9.52. The van der Waals surface area contributed by atoms with E-state index in [1.54, 1.807) is 6.26 Å². The Morgan fingerprint density at radius 3 is 2.96 bits per heavy atom. The number of aromatic nitrogens is 3. The number of rotatable bonds is 7. The van der Waals surface area contributed by atoms with Gasteiger partial charge in [0.1, 0.15) is 17.8 Å². The van der Waals surface area contributed by atoms with Crippen LogP contribution in [0.5, 0.6) is 0 Å². The molecule has 3 aromatic rings. The molecule has 1 unspecified atom stereocenters. The molecular weight excluding hydrogens is 338 g/mol. The predicted molar refractivity (Wildman–Crippen MR) is 100.0 cm³/mol. The van der Waals surface area contributed by atoms with Crippen molar-refractivity contribution in [2.24, 2.45) is 0 Å². The fraction of sp³-hybridized carbons (Fsp3) is 0.294. The molecule has 0 bridgehead atoms. The second-order valence-corrected chi connectivity index (χ2v) is 6.94. The molecule has 25 heavy (non-hydrogen) atoms. The number of hydrogen-bond donors (Lipinski definition) is 3. The Bertz CT molecular complexity index is 909. The van der Waals surface area contributed by atoms with Gasteiger partial charge in [-0.05, 0) is 23.6 Å². The molecule has 0 saturated heterocycles. The fourth-order valence-corrected chi connectivity index (χ4v) is 3.18. The second kappa shape index (κ2) is 7.73. The molecule has 0 aliphatic carbocycles. The van der Waals surface area contributed by atoms with Crippen LogP contribution in [0, 0.1) is 0 Å². The Balaban J connectivity index is 2.06. The van der Waals surface area contributed by atoms with Crippen LogP contribution in [0.3, 0.4) is 0 Å². The van der Waals surface area contributed by atoms with Crippen molar-refractivity contribution in [1.29, 1.82) is 0 Å². The van der Waals surface area contributed by atoms with Crippen LogP contribution in [0.4, 0.5) is 5.82 Å². The van der Waals surface area contributed by atoms with Crippen LogP contribution < -0.4 is 10.5 Å². The van der Waals surface area contributed by atoms with Crippen molar-refractivity contribution in [3.8, 4) is 11.1 Å². The molecule has 0 saturated carbocycles. The zero-order chi connectivity index (χ0) is 17.8. The molecule has 1 aromatic carbocycles. The lowest BCUT2D eigenvalue weighted by atomic mass is 10.0. The average Bonchev–Trinajstić information content (AvgIpc) is 2.98. The van der Waals surface area contributed by atoms with Crippen molar-refractivity contribution in [2.75, 3.05) is 18.6 Å². The number of fused-ring (bicyclic) bond motifs is 1. The first-order chi connectivity index (χ1) is 12.1. The van der Waals surface area contributed by atoms with Gasteiger partial charge >= 0.3 is 0 Å². The summed E-state index contributed by atoms with van der Waals surface area (Å²) >= 11 is 0. The molecule has 8 heteroatoms. The predicted octanol–water partition coefficient (Wildman–Crippen LogP) is 1.45. The van der Waals surface area contributed by atoms with Gasteiger partial charge in [-0.25, -0.2) is 18.9 Å². The van der Waals surface area contributed by atoms with Crippen molar-refractivity contribution in [2.45, 2.75) is 19.5 Å². The number of hydrogen-bond acceptors (Lipinski definition) is 5. The lowest BCUT2D eigenvalue weighted by Gasteiger charge is -2.05. The van der Waals surface area contributed by atoms with Crippen LogP contribution in [0.15, 0.2) is 36.8 Å². The van der Waals surface area contributed by atoms with E-state index in [9.17, 15) is 4.21 Å². The van der Waals surface area contributed by atoms with E-state index in [0.717, 1.165) is 27.7 Å². The van der Waals surface area contributed by atoms with Gasteiger partial charge in [0, 0.05) is 37.7 Å². The van der Waals surface area contributed by atoms with Gasteiger partial charge in [0.15, 0.2) is 0 Å². The van der Waals surface area contributed by atoms with E-state index in [1.165, 1.54) is 6.33 Å². The highest BCUT2D eigenvalue weighted by molar-refractivity contribution is 7.82. The molecule has 4 N–H and O–H groups in total. The van der Waals surface area contributed by atoms with E-state index in [0.29, 0.717) is 25.3 Å². The Kier molecular flexibility index (Phi) is 5.42. The molecule has 2 heterocycles. The Morgan fingerprint density at radius 2 is 2.20 bits per heavy atom. The summed E-state index contributed by atoms with van der Waals surface area (Å²) < 4.78 is 16.1. The van der Waals surface area contributed by atoms with Crippen molar-refractivity contribution >= 4 is 27.8 Å². The van der Waals surface area contributed by atoms with Crippen LogP contribution >= 0.6 is 0 Å². The summed E-state index contributed by atoms with van der Waals surface area (Å²) in [5.74, 6) is 0.431. The molecule has 0 aliphatic heterocycles. The number of nitrogens with zero attached hydrogens (tertiary/aromatic N) is 3. The maximum absolute atomic E-state index is 11.2. The van der Waals surface area contributed by atoms with Crippen LogP contribution in [0.2, 0.25) is 0 Å². The summed E-state index contributed by atoms with van der Waals surface area (Å²) in [5, 5.41) is 9.93. The molecule has 0 amide bonds. The van der Waals surface area contributed by atoms with Crippen LogP contribution in [-0.2, 0) is 24.1 Å². The molecule has 0 fully saturated rings. The van der Waals surface area contributed by atoms with E-state index >= 15 is 0 Å². The van der Waals surface area contributed by atoms with Crippen LogP contribution in [0.25, 0.3) is 22.2 Å². The normalized spacial score (nSPS) is 12.6. The van der Waals surface area contributed by atoms with E-state index in [1.807, 2.05) is 35.0 Å². The standard InChI is InChI=1S/C17H21N5O2S/c1-25(24)21-9-12-4-2-5-13(8-12)14-10-22(6-3-7-23)17-15(14)16(18)19-11-20-17/h2,4-5,8,10-11,21,23H,3,6-7,9H2,1H3,(H2,18,19,20). The number of benzene rings is 1. The van der Waals surface area contributed by atoms with Gasteiger partial charge in [-0.15, -0.1) is 0 Å². The first-order valence-electron chi connectivity index (χ1n) is 7.96. The first kappa shape index (κ1) is 17.5. The molecule has 1 atom stereocenters. The summed E-state index contributed by atoms with van der Waals surface area (Å²) in [6.45, 7) is 1.29. The number of nitrogens with one attached hydrogen (secondary N) is 1. The van der Waals surface area contributed by atoms with Gasteiger partial charge in [0.05, 0.1) is 16.4 Å². The van der Waals surface area contributed by atoms with Crippen molar-refractivity contribution in [1.82, 2.24) is 19.3 Å². The third-order valence-electron chi connectivity index (χ3n) is 3.96. The molecule has 0 spiro atoms. The smallest absolute Gasteiger partial charge is 0.146 e. The minimum Gasteiger partial charge on any atom is -0.396 e. The summed E-state index contributed by atoms with van der Waals surface area (Å²) in [5.41, 5.74) is 9.84. The monoisotopic (exact) mass is 359 g/mol. The van der Waals surface area contributed by atoms with E-state index in [-0.39, 0.29) is 6.61 Å². The average molecular weight is 359 g/mol. The maximum Gasteiger partial charge on any atom is 0.146 e. The Labute approximate surface area is 148 Å². The minimum absolute atomic E-state index is 0.116. The Hall–Kier alpha value is -2.29. The molecular formula is C17H21N5O2S. The maximum atomic E-state index is 11.2. The quantitative estimate of drug-likeness (QED) is 0.592. The zero-order valence-electron chi connectivity index (χ0n) is 14.0. The van der Waals surface area contributed by atoms with E-state index in [2.05, 4.69) is 14.7 Å². The number of aliphatic hydroxyl groups is 1. The van der Waals surface area contributed by atoms with Crippen LogP contribution in [0.1, 0.15) is 12.0 Å². The number of anilines is 1. The summed E-state index contributed by atoms with van der Waals surface area (Å²) in [4.78, 5) is 8.48. The summed E-state index contributed by atoms with van der Waals surface area (Å²) in [6, 6.07) is 7.98. The zero-order valence-corrected chi connectivity index (χ0v) is 14.8. The molecule has 3 rings (SSSR count). The van der Waals surface area contributed by atoms with Gasteiger partial charge in [-0.1, -0.05) is 18.2 Å². The van der Waals surface area contributed by atoms with Gasteiger partial charge in [-0.3, -0.25) is 0 Å². The molecule has 7 nitrogen and oxygen atoms in total. The van der Waals surface area contributed by atoms with Crippen molar-refractivity contribution in [3.05, 3.63) is 42.4 Å². The minimum atomic E-state index is -1.06. The largest absolute Gasteiger partial charge is 0.396 e. The van der Waals surface area contributed by atoms with Crippen molar-refractivity contribution in [3.63, 3.8) is 0 Å². The number of nitrogen functional groups attached to an aromatic ring is 1. The summed E-state index contributed by atoms with van der Waals surface area (Å²) in [6.07, 6.45) is 5.69. The van der Waals surface area contributed by atoms with E-state index in [4.69, 9.17) is 10.8 Å². The lowest BCUT2D eigenvalue weighted by Crippen LogP contribution is -2.14. The number of aliphatic hydroxyl groups excluding tert-OH is 1. The lowest BCUT2D eigenvalue weighted by molar-refractivity contribution is 0.280.